The van der Waals surface area contributed by atoms with Gasteiger partial charge in [0.15, 0.2) is 0 Å². The minimum atomic E-state index is -0.957. The van der Waals surface area contributed by atoms with Gasteiger partial charge in [-0.3, -0.25) is 33.8 Å². The number of hydrogen-bond acceptors (Lipinski definition) is 12. The Morgan fingerprint density at radius 2 is 0.724 bits per heavy atom. The third kappa shape index (κ3) is 17.3. The fourth-order valence-electron chi connectivity index (χ4n) is 9.06. The van der Waals surface area contributed by atoms with Gasteiger partial charge in [-0.05, 0) is 127 Å². The number of aryl methyl sites for hydroxylation is 3. The number of allylic oxidation sites excluding steroid dienone is 3. The lowest BCUT2D eigenvalue weighted by Crippen LogP contribution is -2.25. The average Bonchev–Trinajstić information content (AvgIpc) is 4.58. The van der Waals surface area contributed by atoms with Crippen LogP contribution in [0.2, 0.25) is 0 Å². The summed E-state index contributed by atoms with van der Waals surface area (Å²) >= 11 is 0. The van der Waals surface area contributed by atoms with Crippen LogP contribution in [0.15, 0.2) is 159 Å². The smallest absolute Gasteiger partial charge is 0.269 e. The van der Waals surface area contributed by atoms with Gasteiger partial charge in [-0.2, -0.15) is 18.2 Å². The zero-order chi connectivity index (χ0) is 62.9. The van der Waals surface area contributed by atoms with Crippen molar-refractivity contribution in [3.63, 3.8) is 0 Å². The van der Waals surface area contributed by atoms with E-state index in [4.69, 9.17) is 0 Å². The molecule has 3 N–H and O–H groups in total. The topological polar surface area (TPSA) is 224 Å². The van der Waals surface area contributed by atoms with E-state index in [1.54, 1.807) is 67.9 Å². The van der Waals surface area contributed by atoms with Gasteiger partial charge in [0.25, 0.3) is 17.7 Å². The molecule has 6 heterocycles. The first-order valence-corrected chi connectivity index (χ1v) is 28.3. The molecule has 0 saturated carbocycles. The first-order valence-electron chi connectivity index (χ1n) is 28.3. The number of halogens is 3. The molecule has 0 saturated heterocycles. The number of hydrogen-bond donors (Lipinski definition) is 3. The molecule has 0 fully saturated rings. The van der Waals surface area contributed by atoms with Crippen LogP contribution >= 0.6 is 0 Å². The second-order valence-electron chi connectivity index (χ2n) is 20.3. The zero-order valence-electron chi connectivity index (χ0n) is 50.1. The van der Waals surface area contributed by atoms with Crippen LogP contribution in [0.3, 0.4) is 0 Å². The summed E-state index contributed by atoms with van der Waals surface area (Å²) in [4.78, 5) is 102. The van der Waals surface area contributed by atoms with Crippen LogP contribution in [-0.2, 0) is 48.4 Å². The first kappa shape index (κ1) is 64.5. The van der Waals surface area contributed by atoms with Crippen LogP contribution in [0.25, 0.3) is 0 Å². The molecule has 0 radical (unpaired) electrons. The molecule has 0 spiro atoms. The van der Waals surface area contributed by atoms with E-state index >= 15 is 0 Å². The molecule has 18 nitrogen and oxygen atoms in total. The van der Waals surface area contributed by atoms with Crippen LogP contribution in [0.1, 0.15) is 110 Å². The highest BCUT2D eigenvalue weighted by Gasteiger charge is 2.22. The van der Waals surface area contributed by atoms with E-state index < -0.39 is 23.8 Å². The van der Waals surface area contributed by atoms with Gasteiger partial charge in [-0.1, -0.05) is 69.3 Å². The number of aliphatic imine (C=N–C) groups is 3. The Morgan fingerprint density at radius 1 is 0.414 bits per heavy atom. The molecule has 6 aromatic rings. The number of anilines is 3. The highest BCUT2D eigenvalue weighted by Crippen LogP contribution is 2.24. The molecular weight excluding hydrogens is 1110 g/mol. The van der Waals surface area contributed by atoms with Crippen molar-refractivity contribution in [1.29, 1.82) is 0 Å². The summed E-state index contributed by atoms with van der Waals surface area (Å²) in [5.74, 6) is -3.21. The van der Waals surface area contributed by atoms with E-state index in [2.05, 4.69) is 45.9 Å². The van der Waals surface area contributed by atoms with E-state index in [0.717, 1.165) is 79.5 Å². The van der Waals surface area contributed by atoms with Gasteiger partial charge in [0.1, 0.15) is 17.1 Å². The summed E-state index contributed by atoms with van der Waals surface area (Å²) in [6.45, 7) is 11.6. The Balaban J connectivity index is 0.000000186. The van der Waals surface area contributed by atoms with E-state index in [9.17, 15) is 41.9 Å². The normalized spacial score (nSPS) is 13.0. The lowest BCUT2D eigenvalue weighted by molar-refractivity contribution is -0.118. The lowest BCUT2D eigenvalue weighted by atomic mass is 10.1. The monoisotopic (exact) mass is 1180 g/mol. The van der Waals surface area contributed by atoms with E-state index in [1.165, 1.54) is 12.1 Å². The number of pyridine rings is 3. The quantitative estimate of drug-likeness (QED) is 0.0696. The predicted octanol–water partition coefficient (Wildman–Crippen LogP) is 9.89. The summed E-state index contributed by atoms with van der Waals surface area (Å²) in [6.07, 6.45) is 8.28. The SMILES string of the molecule is CCC(=O)N(C)c1ccc(C2=NC(C(=O)NCc3ccc(C)nc3C)=CC2)cc1.CCC(=O)N(C)c1ccc(C2=NC(C(=O)NCc3ccc(F)nc3C)=CC2)cc1.CCC(=O)N(C)c1ccc(C2=NC(C(=O)NCc3ccc(F)nc3F)=CC2)cc1. The molecule has 21 heteroatoms. The molecule has 3 aliphatic heterocycles. The van der Waals surface area contributed by atoms with Gasteiger partial charge in [-0.15, -0.1) is 0 Å². The number of benzene rings is 3. The number of amides is 6. The van der Waals surface area contributed by atoms with Gasteiger partial charge in [0.05, 0.1) is 17.1 Å². The molecule has 3 aromatic heterocycles. The molecule has 87 heavy (non-hydrogen) atoms. The highest BCUT2D eigenvalue weighted by atomic mass is 19.1. The van der Waals surface area contributed by atoms with Crippen molar-refractivity contribution >= 4 is 69.6 Å². The van der Waals surface area contributed by atoms with Crippen molar-refractivity contribution in [3.8, 4) is 0 Å². The number of nitrogens with one attached hydrogen (secondary N) is 3. The number of aromatic nitrogens is 3. The molecular formula is C66H69F3N12O6. The number of carbonyl (C=O) groups is 6. The van der Waals surface area contributed by atoms with Gasteiger partial charge in [0, 0.05) is 119 Å². The van der Waals surface area contributed by atoms with E-state index in [1.807, 2.05) is 119 Å². The fraction of sp³-hybridized carbons (Fsp3) is 0.273. The fourth-order valence-corrected chi connectivity index (χ4v) is 9.06. The summed E-state index contributed by atoms with van der Waals surface area (Å²) < 4.78 is 39.5. The summed E-state index contributed by atoms with van der Waals surface area (Å²) in [7, 11) is 5.23. The maximum Gasteiger partial charge on any atom is 0.269 e. The molecule has 9 rings (SSSR count). The largest absolute Gasteiger partial charge is 0.347 e. The van der Waals surface area contributed by atoms with Gasteiger partial charge in [-0.25, -0.2) is 20.0 Å². The van der Waals surface area contributed by atoms with Crippen LogP contribution in [0.4, 0.5) is 30.2 Å². The van der Waals surface area contributed by atoms with Crippen molar-refractivity contribution in [1.82, 2.24) is 30.9 Å². The average molecular weight is 1180 g/mol. The zero-order valence-corrected chi connectivity index (χ0v) is 50.1. The number of carbonyl (C=O) groups excluding carboxylic acids is 6. The third-order valence-corrected chi connectivity index (χ3v) is 14.4. The minimum Gasteiger partial charge on any atom is -0.347 e. The van der Waals surface area contributed by atoms with Crippen molar-refractivity contribution in [2.24, 2.45) is 15.0 Å². The van der Waals surface area contributed by atoms with Gasteiger partial charge < -0.3 is 30.7 Å². The summed E-state index contributed by atoms with van der Waals surface area (Å²) in [5, 5.41) is 8.27. The van der Waals surface area contributed by atoms with Gasteiger partial charge >= 0.3 is 0 Å². The van der Waals surface area contributed by atoms with Crippen molar-refractivity contribution in [2.75, 3.05) is 35.8 Å². The van der Waals surface area contributed by atoms with Crippen molar-refractivity contribution in [2.45, 2.75) is 99.7 Å². The molecule has 3 aromatic carbocycles. The van der Waals surface area contributed by atoms with Crippen LogP contribution < -0.4 is 30.7 Å². The maximum absolute atomic E-state index is 13.6. The highest BCUT2D eigenvalue weighted by molar-refractivity contribution is 6.11. The van der Waals surface area contributed by atoms with Crippen LogP contribution in [0.5, 0.6) is 0 Å². The molecule has 3 aliphatic rings. The number of rotatable bonds is 18. The lowest BCUT2D eigenvalue weighted by Gasteiger charge is -2.16. The van der Waals surface area contributed by atoms with Gasteiger partial charge in [0.2, 0.25) is 35.6 Å². The minimum absolute atomic E-state index is 0.0179. The summed E-state index contributed by atoms with van der Waals surface area (Å²) in [6, 6.07) is 31.6. The first-order chi connectivity index (χ1) is 41.7. The Bertz CT molecular complexity index is 3380. The second kappa shape index (κ2) is 30.2. The Hall–Kier alpha value is -10.1. The molecule has 0 aliphatic carbocycles. The maximum atomic E-state index is 13.6. The Kier molecular flexibility index (Phi) is 22.4. The van der Waals surface area contributed by atoms with E-state index in [-0.39, 0.29) is 53.9 Å². The third-order valence-electron chi connectivity index (χ3n) is 14.4. The molecule has 6 amide bonds. The van der Waals surface area contributed by atoms with Crippen molar-refractivity contribution in [3.05, 3.63) is 213 Å². The van der Waals surface area contributed by atoms with E-state index in [0.29, 0.717) is 62.2 Å². The summed E-state index contributed by atoms with van der Waals surface area (Å²) in [5.41, 5.74) is 12.8. The Morgan fingerprint density at radius 3 is 1.05 bits per heavy atom. The molecule has 0 unspecified atom stereocenters. The molecule has 450 valence electrons. The van der Waals surface area contributed by atoms with Crippen LogP contribution in [-0.4, -0.2) is 88.7 Å². The molecule has 0 bridgehead atoms. The predicted molar refractivity (Wildman–Crippen MR) is 330 cm³/mol. The second-order valence-corrected chi connectivity index (χ2v) is 20.3. The standard InChI is InChI=1S/C23H26N4O2.C22H23FN4O2.C21H20F2N4O2/c1-5-22(28)27(4)19-10-8-17(9-11-19)20-12-13-21(26-20)23(29)24-14-18-7-6-15(2)25-16(18)3;1-4-21(28)27(3)17-8-5-15(6-9-17)18-10-11-19(26-18)22(29)24-13-16-7-12-20(23)25-14(16)2;1-3-19(28)27(2)15-7-4-13(5-8-15)16-9-10-17(25-16)21(29)24-12-14-6-11-18(22)26-20(14)23/h6-11,13H,5,12,14H2,1-4H3,(H,24,29);5-9,11-12H,4,10,13H2,1-3H3,(H,24,29);4-8,10-11H,3,9,12H2,1-2H3,(H,24,29). The number of nitrogens with zero attached hydrogens (tertiary/aromatic N) is 9. The Labute approximate surface area is 503 Å². The van der Waals surface area contributed by atoms with Crippen molar-refractivity contribution < 1.29 is 41.9 Å². The van der Waals surface area contributed by atoms with Crippen LogP contribution in [0, 0.1) is 38.6 Å². The molecule has 0 atom stereocenters.